The van der Waals surface area contributed by atoms with Crippen molar-refractivity contribution < 1.29 is 4.39 Å². The molecule has 0 saturated carbocycles. The van der Waals surface area contributed by atoms with E-state index in [0.29, 0.717) is 5.37 Å². The maximum atomic E-state index is 12.8. The van der Waals surface area contributed by atoms with Crippen LogP contribution in [0, 0.1) is 12.7 Å². The van der Waals surface area contributed by atoms with E-state index in [0.717, 1.165) is 12.1 Å². The Balaban J connectivity index is 2.08. The molecule has 76 valence electrons. The van der Waals surface area contributed by atoms with Gasteiger partial charge in [0, 0.05) is 4.90 Å². The first-order valence-corrected chi connectivity index (χ1v) is 5.80. The Morgan fingerprint density at radius 1 is 1.50 bits per heavy atom. The fourth-order valence-electron chi connectivity index (χ4n) is 1.65. The molecule has 2 rings (SSSR count). The Hall–Kier alpha value is -0.540. The highest BCUT2D eigenvalue weighted by Crippen LogP contribution is 2.29. The lowest BCUT2D eigenvalue weighted by Gasteiger charge is -2.11. The molecule has 1 unspecified atom stereocenters. The zero-order valence-electron chi connectivity index (χ0n) is 8.22. The molecule has 1 fully saturated rings. The van der Waals surface area contributed by atoms with E-state index < -0.39 is 0 Å². The standard InChI is InChI=1S/C11H14FNS/c1-8-7-9(12)4-5-10(8)14-11-3-2-6-13-11/h4-5,7,11,13H,2-3,6H2,1H3. The summed E-state index contributed by atoms with van der Waals surface area (Å²) in [6.07, 6.45) is 2.46. The first kappa shape index (κ1) is 9.99. The van der Waals surface area contributed by atoms with Gasteiger partial charge in [0.15, 0.2) is 0 Å². The number of rotatable bonds is 2. The number of aryl methyl sites for hydroxylation is 1. The quantitative estimate of drug-likeness (QED) is 0.807. The summed E-state index contributed by atoms with van der Waals surface area (Å²) < 4.78 is 12.8. The number of thioether (sulfide) groups is 1. The fraction of sp³-hybridized carbons (Fsp3) is 0.455. The molecule has 0 amide bonds. The van der Waals surface area contributed by atoms with E-state index in [1.165, 1.54) is 23.8 Å². The second-order valence-corrected chi connectivity index (χ2v) is 4.86. The summed E-state index contributed by atoms with van der Waals surface area (Å²) in [5.74, 6) is -0.147. The third-order valence-electron chi connectivity index (χ3n) is 2.42. The maximum Gasteiger partial charge on any atom is 0.123 e. The van der Waals surface area contributed by atoms with Gasteiger partial charge < -0.3 is 5.32 Å². The van der Waals surface area contributed by atoms with Crippen molar-refractivity contribution >= 4 is 11.8 Å². The zero-order chi connectivity index (χ0) is 9.97. The minimum absolute atomic E-state index is 0.147. The molecule has 14 heavy (non-hydrogen) atoms. The molecule has 1 N–H and O–H groups in total. The van der Waals surface area contributed by atoms with Crippen LogP contribution in [-0.2, 0) is 0 Å². The monoisotopic (exact) mass is 211 g/mol. The molecule has 1 atom stereocenters. The lowest BCUT2D eigenvalue weighted by Crippen LogP contribution is -2.17. The smallest absolute Gasteiger partial charge is 0.123 e. The average molecular weight is 211 g/mol. The van der Waals surface area contributed by atoms with Gasteiger partial charge in [-0.15, -0.1) is 11.8 Å². The third kappa shape index (κ3) is 2.28. The van der Waals surface area contributed by atoms with Crippen LogP contribution in [0.2, 0.25) is 0 Å². The van der Waals surface area contributed by atoms with Crippen molar-refractivity contribution in [1.29, 1.82) is 0 Å². The molecule has 1 aliphatic rings. The highest BCUT2D eigenvalue weighted by Gasteiger charge is 2.15. The van der Waals surface area contributed by atoms with E-state index in [9.17, 15) is 4.39 Å². The lowest BCUT2D eigenvalue weighted by molar-refractivity contribution is 0.625. The Labute approximate surface area is 88.1 Å². The Bertz CT molecular complexity index is 321. The Morgan fingerprint density at radius 3 is 3.00 bits per heavy atom. The Morgan fingerprint density at radius 2 is 2.36 bits per heavy atom. The molecule has 3 heteroatoms. The molecular weight excluding hydrogens is 197 g/mol. The topological polar surface area (TPSA) is 12.0 Å². The van der Waals surface area contributed by atoms with Crippen LogP contribution in [0.3, 0.4) is 0 Å². The SMILES string of the molecule is Cc1cc(F)ccc1SC1CCCN1. The van der Waals surface area contributed by atoms with Gasteiger partial charge in [0.05, 0.1) is 5.37 Å². The predicted molar refractivity (Wildman–Crippen MR) is 58.0 cm³/mol. The summed E-state index contributed by atoms with van der Waals surface area (Å²) in [5, 5.41) is 3.93. The minimum atomic E-state index is -0.147. The van der Waals surface area contributed by atoms with Gasteiger partial charge in [-0.25, -0.2) is 4.39 Å². The average Bonchev–Trinajstić information content (AvgIpc) is 2.62. The summed E-state index contributed by atoms with van der Waals surface area (Å²) in [4.78, 5) is 1.19. The van der Waals surface area contributed by atoms with Crippen LogP contribution in [0.15, 0.2) is 23.1 Å². The molecule has 0 radical (unpaired) electrons. The van der Waals surface area contributed by atoms with Gasteiger partial charge in [0.25, 0.3) is 0 Å². The van der Waals surface area contributed by atoms with E-state index >= 15 is 0 Å². The van der Waals surface area contributed by atoms with Gasteiger partial charge in [-0.2, -0.15) is 0 Å². The van der Waals surface area contributed by atoms with Crippen LogP contribution in [0.25, 0.3) is 0 Å². The highest BCUT2D eigenvalue weighted by molar-refractivity contribution is 8.00. The van der Waals surface area contributed by atoms with Gasteiger partial charge in [0.1, 0.15) is 5.82 Å². The van der Waals surface area contributed by atoms with E-state index in [2.05, 4.69) is 5.32 Å². The van der Waals surface area contributed by atoms with E-state index in [4.69, 9.17) is 0 Å². The third-order valence-corrected chi connectivity index (χ3v) is 3.82. The molecule has 0 aromatic heterocycles. The van der Waals surface area contributed by atoms with Crippen molar-refractivity contribution in [2.75, 3.05) is 6.54 Å². The van der Waals surface area contributed by atoms with Gasteiger partial charge in [-0.3, -0.25) is 0 Å². The fourth-order valence-corrected chi connectivity index (χ4v) is 2.84. The molecule has 0 aliphatic carbocycles. The number of hydrogen-bond acceptors (Lipinski definition) is 2. The van der Waals surface area contributed by atoms with Gasteiger partial charge >= 0.3 is 0 Å². The highest BCUT2D eigenvalue weighted by atomic mass is 32.2. The molecule has 1 aromatic rings. The van der Waals surface area contributed by atoms with Crippen molar-refractivity contribution in [3.8, 4) is 0 Å². The van der Waals surface area contributed by atoms with Gasteiger partial charge in [-0.05, 0) is 50.1 Å². The minimum Gasteiger partial charge on any atom is -0.305 e. The first-order valence-electron chi connectivity index (χ1n) is 4.92. The molecule has 1 heterocycles. The molecule has 1 saturated heterocycles. The second kappa shape index (κ2) is 4.32. The van der Waals surface area contributed by atoms with E-state index in [1.807, 2.05) is 24.8 Å². The number of halogens is 1. The van der Waals surface area contributed by atoms with Crippen LogP contribution < -0.4 is 5.32 Å². The number of benzene rings is 1. The molecule has 1 aliphatic heterocycles. The summed E-state index contributed by atoms with van der Waals surface area (Å²) in [5.41, 5.74) is 1.03. The maximum absolute atomic E-state index is 12.8. The van der Waals surface area contributed by atoms with Crippen LogP contribution in [0.4, 0.5) is 4.39 Å². The molecular formula is C11H14FNS. The lowest BCUT2D eigenvalue weighted by atomic mass is 10.2. The summed E-state index contributed by atoms with van der Waals surface area (Å²) in [7, 11) is 0. The molecule has 0 bridgehead atoms. The summed E-state index contributed by atoms with van der Waals surface area (Å²) in [6.45, 7) is 3.07. The first-order chi connectivity index (χ1) is 6.75. The van der Waals surface area contributed by atoms with Crippen molar-refractivity contribution in [2.24, 2.45) is 0 Å². The predicted octanol–water partition coefficient (Wildman–Crippen LogP) is 2.94. The number of nitrogens with one attached hydrogen (secondary N) is 1. The van der Waals surface area contributed by atoms with Crippen LogP contribution in [0.1, 0.15) is 18.4 Å². The largest absolute Gasteiger partial charge is 0.305 e. The van der Waals surface area contributed by atoms with Crippen molar-refractivity contribution in [3.05, 3.63) is 29.6 Å². The van der Waals surface area contributed by atoms with Crippen LogP contribution in [0.5, 0.6) is 0 Å². The van der Waals surface area contributed by atoms with Crippen molar-refractivity contribution in [1.82, 2.24) is 5.32 Å². The molecule has 1 nitrogen and oxygen atoms in total. The van der Waals surface area contributed by atoms with Crippen LogP contribution in [-0.4, -0.2) is 11.9 Å². The van der Waals surface area contributed by atoms with E-state index in [1.54, 1.807) is 6.07 Å². The van der Waals surface area contributed by atoms with E-state index in [-0.39, 0.29) is 5.82 Å². The van der Waals surface area contributed by atoms with Gasteiger partial charge in [-0.1, -0.05) is 0 Å². The molecule has 0 spiro atoms. The summed E-state index contributed by atoms with van der Waals surface area (Å²) >= 11 is 1.81. The Kier molecular flexibility index (Phi) is 3.08. The zero-order valence-corrected chi connectivity index (χ0v) is 9.03. The molecule has 1 aromatic carbocycles. The normalized spacial score (nSPS) is 21.4. The summed E-state index contributed by atoms with van der Waals surface area (Å²) in [6, 6.07) is 5.00. The number of hydrogen-bond donors (Lipinski definition) is 1. The van der Waals surface area contributed by atoms with Gasteiger partial charge in [0.2, 0.25) is 0 Å². The second-order valence-electron chi connectivity index (χ2n) is 3.61. The van der Waals surface area contributed by atoms with Crippen molar-refractivity contribution in [2.45, 2.75) is 30.0 Å². The van der Waals surface area contributed by atoms with Crippen LogP contribution >= 0.6 is 11.8 Å². The van der Waals surface area contributed by atoms with Crippen molar-refractivity contribution in [3.63, 3.8) is 0 Å².